The van der Waals surface area contributed by atoms with Gasteiger partial charge in [-0.2, -0.15) is 0 Å². The lowest BCUT2D eigenvalue weighted by molar-refractivity contribution is 0.188. The van der Waals surface area contributed by atoms with Gasteiger partial charge < -0.3 is 15.4 Å². The van der Waals surface area contributed by atoms with E-state index in [-0.39, 0.29) is 0 Å². The third-order valence-electron chi connectivity index (χ3n) is 3.12. The molecular formula is C12H25N3O. The summed E-state index contributed by atoms with van der Waals surface area (Å²) in [4.78, 5) is 6.62. The molecule has 1 fully saturated rings. The predicted molar refractivity (Wildman–Crippen MR) is 67.6 cm³/mol. The first-order chi connectivity index (χ1) is 7.74. The van der Waals surface area contributed by atoms with Gasteiger partial charge in [-0.1, -0.05) is 19.3 Å². The van der Waals surface area contributed by atoms with Gasteiger partial charge in [-0.15, -0.1) is 0 Å². The number of nitrogens with zero attached hydrogens (tertiary/aromatic N) is 2. The summed E-state index contributed by atoms with van der Waals surface area (Å²) >= 11 is 0. The molecule has 0 aromatic heterocycles. The summed E-state index contributed by atoms with van der Waals surface area (Å²) in [7, 11) is 3.72. The lowest BCUT2D eigenvalue weighted by Gasteiger charge is -2.22. The van der Waals surface area contributed by atoms with Gasteiger partial charge in [-0.05, 0) is 19.3 Å². The van der Waals surface area contributed by atoms with E-state index in [1.54, 1.807) is 7.11 Å². The van der Waals surface area contributed by atoms with Crippen molar-refractivity contribution in [3.8, 4) is 0 Å². The summed E-state index contributed by atoms with van der Waals surface area (Å²) in [6.45, 7) is 1.69. The van der Waals surface area contributed by atoms with Crippen LogP contribution in [-0.4, -0.2) is 44.2 Å². The van der Waals surface area contributed by atoms with Crippen LogP contribution in [0, 0.1) is 0 Å². The molecule has 0 unspecified atom stereocenters. The van der Waals surface area contributed by atoms with Crippen LogP contribution < -0.4 is 5.73 Å². The first-order valence-electron chi connectivity index (χ1n) is 6.27. The van der Waals surface area contributed by atoms with Gasteiger partial charge >= 0.3 is 0 Å². The number of methoxy groups -OCH3 is 1. The molecule has 0 heterocycles. The van der Waals surface area contributed by atoms with Crippen molar-refractivity contribution in [1.29, 1.82) is 0 Å². The van der Waals surface area contributed by atoms with Gasteiger partial charge in [0.25, 0.3) is 0 Å². The summed E-state index contributed by atoms with van der Waals surface area (Å²) in [5.41, 5.74) is 5.97. The zero-order valence-corrected chi connectivity index (χ0v) is 10.6. The monoisotopic (exact) mass is 227 g/mol. The lowest BCUT2D eigenvalue weighted by Crippen LogP contribution is -2.36. The molecule has 0 atom stereocenters. The van der Waals surface area contributed by atoms with E-state index in [9.17, 15) is 0 Å². The SMILES string of the molecule is COCCCN(C)C(N)=NC1CCCCC1. The van der Waals surface area contributed by atoms with E-state index >= 15 is 0 Å². The summed E-state index contributed by atoms with van der Waals surface area (Å²) in [6, 6.07) is 0.457. The van der Waals surface area contributed by atoms with Gasteiger partial charge in [-0.3, -0.25) is 0 Å². The normalized spacial score (nSPS) is 18.8. The van der Waals surface area contributed by atoms with Crippen molar-refractivity contribution in [3.05, 3.63) is 0 Å². The molecule has 0 aromatic carbocycles. The van der Waals surface area contributed by atoms with Gasteiger partial charge in [0.2, 0.25) is 0 Å². The Kier molecular flexibility index (Phi) is 6.23. The number of ether oxygens (including phenoxy) is 1. The molecule has 4 nitrogen and oxygen atoms in total. The summed E-state index contributed by atoms with van der Waals surface area (Å²) in [6.07, 6.45) is 7.35. The van der Waals surface area contributed by atoms with Gasteiger partial charge in [0.15, 0.2) is 5.96 Å². The molecular weight excluding hydrogens is 202 g/mol. The molecule has 1 aliphatic rings. The Balaban J connectivity index is 2.29. The van der Waals surface area contributed by atoms with Crippen LogP contribution in [0.25, 0.3) is 0 Å². The second-order valence-corrected chi connectivity index (χ2v) is 4.55. The largest absolute Gasteiger partial charge is 0.385 e. The van der Waals surface area contributed by atoms with Crippen molar-refractivity contribution in [2.75, 3.05) is 27.3 Å². The van der Waals surface area contributed by atoms with E-state index in [0.29, 0.717) is 12.0 Å². The Hall–Kier alpha value is -0.770. The number of aliphatic imine (C=N–C) groups is 1. The van der Waals surface area contributed by atoms with Crippen molar-refractivity contribution < 1.29 is 4.74 Å². The average molecular weight is 227 g/mol. The zero-order chi connectivity index (χ0) is 11.8. The number of guanidine groups is 1. The standard InChI is InChI=1S/C12H25N3O/c1-15(9-6-10-16-2)12(13)14-11-7-4-3-5-8-11/h11H,3-10H2,1-2H3,(H2,13,14). The van der Waals surface area contributed by atoms with Crippen molar-refractivity contribution in [3.63, 3.8) is 0 Å². The van der Waals surface area contributed by atoms with Crippen molar-refractivity contribution in [2.24, 2.45) is 10.7 Å². The van der Waals surface area contributed by atoms with Gasteiger partial charge in [0.05, 0.1) is 6.04 Å². The highest BCUT2D eigenvalue weighted by Crippen LogP contribution is 2.20. The fourth-order valence-electron chi connectivity index (χ4n) is 2.06. The van der Waals surface area contributed by atoms with Crippen LogP contribution in [0.2, 0.25) is 0 Å². The number of hydrogen-bond donors (Lipinski definition) is 1. The first kappa shape index (κ1) is 13.3. The molecule has 0 bridgehead atoms. The first-order valence-corrected chi connectivity index (χ1v) is 6.27. The maximum absolute atomic E-state index is 5.97. The Morgan fingerprint density at radius 2 is 2.06 bits per heavy atom. The molecule has 16 heavy (non-hydrogen) atoms. The lowest BCUT2D eigenvalue weighted by atomic mass is 9.96. The van der Waals surface area contributed by atoms with Crippen LogP contribution in [0.4, 0.5) is 0 Å². The predicted octanol–water partition coefficient (Wildman–Crippen LogP) is 1.60. The molecule has 0 aromatic rings. The highest BCUT2D eigenvalue weighted by molar-refractivity contribution is 5.77. The van der Waals surface area contributed by atoms with Crippen LogP contribution in [0.15, 0.2) is 4.99 Å². The van der Waals surface area contributed by atoms with Crippen molar-refractivity contribution >= 4 is 5.96 Å². The summed E-state index contributed by atoms with van der Waals surface area (Å²) < 4.78 is 5.01. The van der Waals surface area contributed by atoms with E-state index in [1.165, 1.54) is 32.1 Å². The molecule has 0 saturated heterocycles. The quantitative estimate of drug-likeness (QED) is 0.441. The Morgan fingerprint density at radius 1 is 1.38 bits per heavy atom. The average Bonchev–Trinajstić information content (AvgIpc) is 2.30. The number of hydrogen-bond acceptors (Lipinski definition) is 2. The molecule has 4 heteroatoms. The fraction of sp³-hybridized carbons (Fsp3) is 0.917. The van der Waals surface area contributed by atoms with Crippen LogP contribution in [0.5, 0.6) is 0 Å². The molecule has 0 aliphatic heterocycles. The highest BCUT2D eigenvalue weighted by Gasteiger charge is 2.13. The van der Waals surface area contributed by atoms with Crippen LogP contribution in [-0.2, 0) is 4.74 Å². The molecule has 2 N–H and O–H groups in total. The Morgan fingerprint density at radius 3 is 2.69 bits per heavy atom. The number of rotatable bonds is 5. The molecule has 94 valence electrons. The van der Waals surface area contributed by atoms with E-state index in [4.69, 9.17) is 10.5 Å². The fourth-order valence-corrected chi connectivity index (χ4v) is 2.06. The van der Waals surface area contributed by atoms with Gasteiger partial charge in [0, 0.05) is 27.3 Å². The number of nitrogens with two attached hydrogens (primary N) is 1. The summed E-state index contributed by atoms with van der Waals surface area (Å²) in [5, 5.41) is 0. The Labute approximate surface area is 98.9 Å². The maximum atomic E-state index is 5.97. The van der Waals surface area contributed by atoms with Crippen molar-refractivity contribution in [1.82, 2.24) is 4.90 Å². The molecule has 0 amide bonds. The van der Waals surface area contributed by atoms with E-state index in [1.807, 2.05) is 11.9 Å². The van der Waals surface area contributed by atoms with E-state index < -0.39 is 0 Å². The second-order valence-electron chi connectivity index (χ2n) is 4.55. The van der Waals surface area contributed by atoms with Crippen molar-refractivity contribution in [2.45, 2.75) is 44.6 Å². The molecule has 0 radical (unpaired) electrons. The minimum Gasteiger partial charge on any atom is -0.385 e. The third-order valence-corrected chi connectivity index (χ3v) is 3.12. The summed E-state index contributed by atoms with van der Waals surface area (Å²) in [5.74, 6) is 0.683. The molecule has 1 rings (SSSR count). The van der Waals surface area contributed by atoms with Gasteiger partial charge in [0.1, 0.15) is 0 Å². The van der Waals surface area contributed by atoms with Crippen LogP contribution in [0.3, 0.4) is 0 Å². The molecule has 1 saturated carbocycles. The topological polar surface area (TPSA) is 50.9 Å². The third kappa shape index (κ3) is 4.84. The molecule has 0 spiro atoms. The Bertz CT molecular complexity index is 212. The zero-order valence-electron chi connectivity index (χ0n) is 10.6. The smallest absolute Gasteiger partial charge is 0.191 e. The van der Waals surface area contributed by atoms with E-state index in [0.717, 1.165) is 19.6 Å². The second kappa shape index (κ2) is 7.49. The van der Waals surface area contributed by atoms with Crippen LogP contribution >= 0.6 is 0 Å². The molecule has 1 aliphatic carbocycles. The van der Waals surface area contributed by atoms with Crippen LogP contribution in [0.1, 0.15) is 38.5 Å². The maximum Gasteiger partial charge on any atom is 0.191 e. The van der Waals surface area contributed by atoms with E-state index in [2.05, 4.69) is 4.99 Å². The minimum atomic E-state index is 0.457. The highest BCUT2D eigenvalue weighted by atomic mass is 16.5. The minimum absolute atomic E-state index is 0.457. The van der Waals surface area contributed by atoms with Gasteiger partial charge in [-0.25, -0.2) is 4.99 Å².